The van der Waals surface area contributed by atoms with Crippen LogP contribution in [0.4, 0.5) is 11.4 Å². The molecule has 2 N–H and O–H groups in total. The number of hydrogen-bond donors (Lipinski definition) is 2. The normalized spacial score (nSPS) is 11.1. The van der Waals surface area contributed by atoms with Crippen molar-refractivity contribution in [1.29, 1.82) is 0 Å². The van der Waals surface area contributed by atoms with Crippen molar-refractivity contribution in [2.45, 2.75) is 11.4 Å². The van der Waals surface area contributed by atoms with Gasteiger partial charge in [-0.2, -0.15) is 5.10 Å². The van der Waals surface area contributed by atoms with Gasteiger partial charge in [-0.1, -0.05) is 36.4 Å². The van der Waals surface area contributed by atoms with E-state index >= 15 is 0 Å². The number of benzene rings is 3. The molecular formula is C24H22N4O4S. The van der Waals surface area contributed by atoms with Crippen molar-refractivity contribution in [2.24, 2.45) is 0 Å². The minimum atomic E-state index is -3.94. The minimum Gasteiger partial charge on any atom is -0.495 e. The zero-order valence-electron chi connectivity index (χ0n) is 17.8. The quantitative estimate of drug-likeness (QED) is 0.412. The summed E-state index contributed by atoms with van der Waals surface area (Å²) in [6, 6.07) is 21.8. The topological polar surface area (TPSA) is 102 Å². The number of amides is 1. The molecule has 9 heteroatoms. The van der Waals surface area contributed by atoms with E-state index in [1.165, 1.54) is 25.3 Å². The number of methoxy groups -OCH3 is 1. The number of sulfonamides is 1. The van der Waals surface area contributed by atoms with Crippen molar-refractivity contribution < 1.29 is 17.9 Å². The molecule has 168 valence electrons. The molecule has 4 rings (SSSR count). The maximum Gasteiger partial charge on any atom is 0.262 e. The van der Waals surface area contributed by atoms with Crippen molar-refractivity contribution in [1.82, 2.24) is 9.78 Å². The molecule has 0 unspecified atom stereocenters. The van der Waals surface area contributed by atoms with Crippen LogP contribution in [0, 0.1) is 0 Å². The van der Waals surface area contributed by atoms with E-state index in [0.29, 0.717) is 23.7 Å². The molecule has 0 aliphatic heterocycles. The third-order valence-electron chi connectivity index (χ3n) is 4.91. The molecule has 1 aromatic heterocycles. The maximum atomic E-state index is 12.9. The first-order valence-electron chi connectivity index (χ1n) is 10.1. The first kappa shape index (κ1) is 22.1. The van der Waals surface area contributed by atoms with Crippen LogP contribution in [0.2, 0.25) is 0 Å². The van der Waals surface area contributed by atoms with Gasteiger partial charge in [-0.05, 0) is 48.0 Å². The van der Waals surface area contributed by atoms with Gasteiger partial charge in [0, 0.05) is 23.6 Å². The van der Waals surface area contributed by atoms with Crippen LogP contribution in [-0.4, -0.2) is 31.2 Å². The van der Waals surface area contributed by atoms with Crippen LogP contribution in [0.15, 0.2) is 96.2 Å². The first-order valence-corrected chi connectivity index (χ1v) is 11.6. The maximum absolute atomic E-state index is 12.9. The number of ether oxygens (including phenoxy) is 1. The molecular weight excluding hydrogens is 440 g/mol. The molecule has 1 heterocycles. The Kier molecular flexibility index (Phi) is 6.41. The molecule has 1 amide bonds. The Morgan fingerprint density at radius 1 is 0.970 bits per heavy atom. The summed E-state index contributed by atoms with van der Waals surface area (Å²) < 4.78 is 35.3. The molecule has 0 atom stereocenters. The summed E-state index contributed by atoms with van der Waals surface area (Å²) in [5.41, 5.74) is 2.02. The van der Waals surface area contributed by atoms with Gasteiger partial charge in [-0.15, -0.1) is 0 Å². The molecule has 0 saturated heterocycles. The number of nitrogens with zero attached hydrogens (tertiary/aromatic N) is 2. The summed E-state index contributed by atoms with van der Waals surface area (Å²) in [5.74, 6) is -0.0268. The zero-order valence-corrected chi connectivity index (χ0v) is 18.6. The van der Waals surface area contributed by atoms with Gasteiger partial charge in [0.05, 0.1) is 24.2 Å². The fraction of sp³-hybridized carbons (Fsp3) is 0.0833. The van der Waals surface area contributed by atoms with E-state index in [0.717, 1.165) is 5.56 Å². The van der Waals surface area contributed by atoms with Gasteiger partial charge in [0.2, 0.25) is 0 Å². The van der Waals surface area contributed by atoms with Gasteiger partial charge < -0.3 is 10.1 Å². The number of carbonyl (C=O) groups is 1. The highest BCUT2D eigenvalue weighted by Crippen LogP contribution is 2.26. The number of para-hydroxylation sites is 3. The molecule has 0 spiro atoms. The molecule has 0 bridgehead atoms. The Labute approximate surface area is 191 Å². The molecule has 3 aromatic carbocycles. The molecule has 8 nitrogen and oxygen atoms in total. The summed E-state index contributed by atoms with van der Waals surface area (Å²) in [7, 11) is -2.48. The molecule has 0 aliphatic rings. The van der Waals surface area contributed by atoms with Crippen molar-refractivity contribution >= 4 is 27.3 Å². The highest BCUT2D eigenvalue weighted by Gasteiger charge is 2.19. The molecule has 0 radical (unpaired) electrons. The second kappa shape index (κ2) is 9.58. The summed E-state index contributed by atoms with van der Waals surface area (Å²) in [6.45, 7) is 0.487. The third-order valence-corrected chi connectivity index (χ3v) is 6.28. The highest BCUT2D eigenvalue weighted by molar-refractivity contribution is 7.92. The van der Waals surface area contributed by atoms with Gasteiger partial charge >= 0.3 is 0 Å². The van der Waals surface area contributed by atoms with Crippen LogP contribution < -0.4 is 14.8 Å². The smallest absolute Gasteiger partial charge is 0.262 e. The lowest BCUT2D eigenvalue weighted by Gasteiger charge is -2.13. The molecule has 0 fully saturated rings. The van der Waals surface area contributed by atoms with Gasteiger partial charge in [0.25, 0.3) is 15.9 Å². The Hall–Kier alpha value is -4.11. The van der Waals surface area contributed by atoms with Crippen LogP contribution >= 0.6 is 0 Å². The predicted octanol–water partition coefficient (Wildman–Crippen LogP) is 3.99. The second-order valence-electron chi connectivity index (χ2n) is 7.15. The lowest BCUT2D eigenvalue weighted by atomic mass is 10.1. The Balaban J connectivity index is 1.55. The van der Waals surface area contributed by atoms with E-state index < -0.39 is 15.9 Å². The average Bonchev–Trinajstić information content (AvgIpc) is 3.34. The average molecular weight is 463 g/mol. The third kappa shape index (κ3) is 5.21. The molecule has 33 heavy (non-hydrogen) atoms. The fourth-order valence-corrected chi connectivity index (χ4v) is 4.40. The van der Waals surface area contributed by atoms with Crippen molar-refractivity contribution in [2.75, 3.05) is 17.1 Å². The predicted molar refractivity (Wildman–Crippen MR) is 126 cm³/mol. The summed E-state index contributed by atoms with van der Waals surface area (Å²) >= 11 is 0. The van der Waals surface area contributed by atoms with Gasteiger partial charge in [0.15, 0.2) is 0 Å². The van der Waals surface area contributed by atoms with Crippen molar-refractivity contribution in [3.8, 4) is 5.75 Å². The van der Waals surface area contributed by atoms with Crippen LogP contribution in [-0.2, 0) is 16.6 Å². The van der Waals surface area contributed by atoms with E-state index in [1.807, 2.05) is 30.5 Å². The largest absolute Gasteiger partial charge is 0.495 e. The molecule has 0 aliphatic carbocycles. The summed E-state index contributed by atoms with van der Waals surface area (Å²) in [5, 5.41) is 7.07. The number of nitrogens with one attached hydrogen (secondary N) is 2. The zero-order chi connectivity index (χ0) is 23.3. The number of rotatable bonds is 8. The summed E-state index contributed by atoms with van der Waals surface area (Å²) in [4.78, 5) is 12.9. The number of anilines is 2. The Morgan fingerprint density at radius 3 is 2.48 bits per heavy atom. The van der Waals surface area contributed by atoms with E-state index in [-0.39, 0.29) is 10.5 Å². The minimum absolute atomic E-state index is 0.0362. The standard InChI is InChI=1S/C24H22N4O4S/c1-32-23-13-5-4-12-22(23)27-33(30,31)20-10-6-9-18(16-20)24(29)26-21-11-3-2-8-19(21)17-28-15-7-14-25-28/h2-16,27H,17H2,1H3,(H,26,29). The Bertz CT molecular complexity index is 1370. The first-order chi connectivity index (χ1) is 16.0. The number of hydrogen-bond acceptors (Lipinski definition) is 5. The number of aromatic nitrogens is 2. The van der Waals surface area contributed by atoms with E-state index in [4.69, 9.17) is 4.74 Å². The summed E-state index contributed by atoms with van der Waals surface area (Å²) in [6.07, 6.45) is 3.52. The van der Waals surface area contributed by atoms with Crippen LogP contribution in [0.1, 0.15) is 15.9 Å². The monoisotopic (exact) mass is 462 g/mol. The van der Waals surface area contributed by atoms with Crippen molar-refractivity contribution in [3.63, 3.8) is 0 Å². The van der Waals surface area contributed by atoms with E-state index in [1.54, 1.807) is 47.3 Å². The molecule has 4 aromatic rings. The van der Waals surface area contributed by atoms with Crippen molar-refractivity contribution in [3.05, 3.63) is 102 Å². The molecule has 0 saturated carbocycles. The van der Waals surface area contributed by atoms with E-state index in [9.17, 15) is 13.2 Å². The van der Waals surface area contributed by atoms with Gasteiger partial charge in [0.1, 0.15) is 5.75 Å². The van der Waals surface area contributed by atoms with E-state index in [2.05, 4.69) is 15.1 Å². The van der Waals surface area contributed by atoms with Crippen LogP contribution in [0.3, 0.4) is 0 Å². The lowest BCUT2D eigenvalue weighted by molar-refractivity contribution is 0.102. The Morgan fingerprint density at radius 2 is 1.73 bits per heavy atom. The highest BCUT2D eigenvalue weighted by atomic mass is 32.2. The lowest BCUT2D eigenvalue weighted by Crippen LogP contribution is -2.17. The van der Waals surface area contributed by atoms with Gasteiger partial charge in [-0.25, -0.2) is 8.42 Å². The van der Waals surface area contributed by atoms with Crippen LogP contribution in [0.25, 0.3) is 0 Å². The van der Waals surface area contributed by atoms with Gasteiger partial charge in [-0.3, -0.25) is 14.2 Å². The fourth-order valence-electron chi connectivity index (χ4n) is 3.28. The second-order valence-corrected chi connectivity index (χ2v) is 8.83. The number of carbonyl (C=O) groups excluding carboxylic acids is 1. The SMILES string of the molecule is COc1ccccc1NS(=O)(=O)c1cccc(C(=O)Nc2ccccc2Cn2cccn2)c1. The van der Waals surface area contributed by atoms with Crippen LogP contribution in [0.5, 0.6) is 5.75 Å².